The minimum absolute atomic E-state index is 0.330. The maximum atomic E-state index is 4.99. The number of fused-ring (bicyclic) bond motifs is 3. The number of pyridine rings is 2. The van der Waals surface area contributed by atoms with Gasteiger partial charge in [0.1, 0.15) is 16.9 Å². The Bertz CT molecular complexity index is 814. The van der Waals surface area contributed by atoms with Crippen molar-refractivity contribution in [1.29, 1.82) is 0 Å². The molecule has 3 rings (SSSR count). The molecule has 0 fully saturated rings. The van der Waals surface area contributed by atoms with Crippen molar-refractivity contribution >= 4 is 22.1 Å². The van der Waals surface area contributed by atoms with Crippen molar-refractivity contribution in [2.45, 2.75) is 52.1 Å². The Morgan fingerprint density at radius 3 is 2.96 bits per heavy atom. The van der Waals surface area contributed by atoms with E-state index in [0.29, 0.717) is 6.04 Å². The first-order valence-corrected chi connectivity index (χ1v) is 8.62. The minimum Gasteiger partial charge on any atom is -0.326 e. The smallest absolute Gasteiger partial charge is 0.115 e. The maximum Gasteiger partial charge on any atom is 0.115 e. The van der Waals surface area contributed by atoms with Gasteiger partial charge in [0.15, 0.2) is 0 Å². The normalized spacial score (nSPS) is 13.0. The molecule has 3 aromatic rings. The predicted molar refractivity (Wildman–Crippen MR) is 95.7 cm³/mol. The fourth-order valence-electron chi connectivity index (χ4n) is 3.14. The lowest BCUT2D eigenvalue weighted by Crippen LogP contribution is -2.24. The minimum atomic E-state index is 0.330. The third-order valence-corrected chi connectivity index (χ3v) is 4.22. The highest BCUT2D eigenvalue weighted by molar-refractivity contribution is 5.99. The van der Waals surface area contributed by atoms with Gasteiger partial charge in [-0.3, -0.25) is 9.97 Å². The van der Waals surface area contributed by atoms with Gasteiger partial charge in [-0.05, 0) is 38.3 Å². The molecule has 6 heteroatoms. The average molecular weight is 327 g/mol. The van der Waals surface area contributed by atoms with Gasteiger partial charge < -0.3 is 9.40 Å². The lowest BCUT2D eigenvalue weighted by Gasteiger charge is -2.13. The van der Waals surface area contributed by atoms with Crippen LogP contribution in [0.3, 0.4) is 0 Å². The Balaban J connectivity index is 1.96. The van der Waals surface area contributed by atoms with Crippen molar-refractivity contribution in [2.75, 3.05) is 7.11 Å². The highest BCUT2D eigenvalue weighted by atomic mass is 16.6. The Morgan fingerprint density at radius 2 is 2.17 bits per heavy atom. The molecule has 0 saturated carbocycles. The first-order valence-electron chi connectivity index (χ1n) is 8.62. The molecule has 0 radical (unpaired) electrons. The number of nitrogens with zero attached hydrogens (tertiary/aromatic N) is 4. The van der Waals surface area contributed by atoms with Gasteiger partial charge in [-0.25, -0.2) is 10.5 Å². The number of aromatic nitrogens is 4. The second-order valence-corrected chi connectivity index (χ2v) is 6.16. The average Bonchev–Trinajstić information content (AvgIpc) is 2.93. The van der Waals surface area contributed by atoms with E-state index in [1.165, 1.54) is 0 Å². The first kappa shape index (κ1) is 16.8. The van der Waals surface area contributed by atoms with Crippen molar-refractivity contribution < 1.29 is 4.84 Å². The van der Waals surface area contributed by atoms with Gasteiger partial charge in [0, 0.05) is 25.2 Å². The van der Waals surface area contributed by atoms with Crippen LogP contribution in [-0.2, 0) is 17.8 Å². The van der Waals surface area contributed by atoms with E-state index in [1.807, 2.05) is 24.5 Å². The Hall–Kier alpha value is -2.05. The van der Waals surface area contributed by atoms with Crippen LogP contribution in [0.2, 0.25) is 0 Å². The van der Waals surface area contributed by atoms with E-state index in [0.717, 1.165) is 60.1 Å². The first-order chi connectivity index (χ1) is 11.7. The molecule has 3 heterocycles. The molecule has 0 aliphatic rings. The fraction of sp³-hybridized carbons (Fsp3) is 0.500. The lowest BCUT2D eigenvalue weighted by molar-refractivity contribution is 0.0626. The lowest BCUT2D eigenvalue weighted by atomic mass is 10.2. The summed E-state index contributed by atoms with van der Waals surface area (Å²) in [6.07, 6.45) is 7.82. The number of hydrogen-bond donors (Lipinski definition) is 1. The molecule has 0 amide bonds. The monoisotopic (exact) mass is 327 g/mol. The Labute approximate surface area is 142 Å². The van der Waals surface area contributed by atoms with E-state index < -0.39 is 0 Å². The van der Waals surface area contributed by atoms with Gasteiger partial charge >= 0.3 is 0 Å². The molecule has 1 N–H and O–H groups in total. The second-order valence-electron chi connectivity index (χ2n) is 6.16. The van der Waals surface area contributed by atoms with Crippen molar-refractivity contribution in [3.63, 3.8) is 0 Å². The van der Waals surface area contributed by atoms with E-state index in [2.05, 4.69) is 33.9 Å². The van der Waals surface area contributed by atoms with Crippen LogP contribution in [0.4, 0.5) is 0 Å². The number of rotatable bonds is 8. The fourth-order valence-corrected chi connectivity index (χ4v) is 3.14. The summed E-state index contributed by atoms with van der Waals surface area (Å²) in [5, 5.41) is 0. The van der Waals surface area contributed by atoms with Crippen LogP contribution in [0.25, 0.3) is 22.1 Å². The van der Waals surface area contributed by atoms with Crippen LogP contribution >= 0.6 is 0 Å². The molecule has 24 heavy (non-hydrogen) atoms. The molecule has 0 bridgehead atoms. The highest BCUT2D eigenvalue weighted by Crippen LogP contribution is 2.24. The van der Waals surface area contributed by atoms with Crippen molar-refractivity contribution in [2.24, 2.45) is 0 Å². The van der Waals surface area contributed by atoms with Gasteiger partial charge in [-0.2, -0.15) is 0 Å². The topological polar surface area (TPSA) is 64.9 Å². The second kappa shape index (κ2) is 7.68. The molecular weight excluding hydrogens is 302 g/mol. The van der Waals surface area contributed by atoms with Crippen LogP contribution in [0.5, 0.6) is 0 Å². The van der Waals surface area contributed by atoms with Crippen molar-refractivity contribution in [3.05, 3.63) is 30.4 Å². The van der Waals surface area contributed by atoms with Crippen LogP contribution in [0.15, 0.2) is 24.5 Å². The third-order valence-electron chi connectivity index (χ3n) is 4.22. The van der Waals surface area contributed by atoms with Gasteiger partial charge in [0.2, 0.25) is 0 Å². The standard InChI is InChI=1S/C18H25N5O/c1-4-7-16-21-15-12-20-14-9-5-10-19-17(14)18(15)23(16)11-6-8-13(2)22-24-3/h5,9-10,12-13,22H,4,6-8,11H2,1-3H3. The van der Waals surface area contributed by atoms with Crippen LogP contribution in [-0.4, -0.2) is 32.7 Å². The number of imidazole rings is 1. The van der Waals surface area contributed by atoms with Gasteiger partial charge in [-0.1, -0.05) is 6.92 Å². The number of nitrogens with one attached hydrogen (secondary N) is 1. The quantitative estimate of drug-likeness (QED) is 0.643. The van der Waals surface area contributed by atoms with E-state index >= 15 is 0 Å². The molecule has 0 aliphatic heterocycles. The molecule has 1 unspecified atom stereocenters. The van der Waals surface area contributed by atoms with E-state index in [9.17, 15) is 0 Å². The van der Waals surface area contributed by atoms with Gasteiger partial charge in [0.05, 0.1) is 24.3 Å². The summed E-state index contributed by atoms with van der Waals surface area (Å²) >= 11 is 0. The van der Waals surface area contributed by atoms with Gasteiger partial charge in [0.25, 0.3) is 0 Å². The molecule has 0 spiro atoms. The number of aryl methyl sites for hydroxylation is 2. The summed E-state index contributed by atoms with van der Waals surface area (Å²) in [4.78, 5) is 18.9. The van der Waals surface area contributed by atoms with Gasteiger partial charge in [-0.15, -0.1) is 0 Å². The van der Waals surface area contributed by atoms with Crippen molar-refractivity contribution in [1.82, 2.24) is 25.0 Å². The molecule has 3 aromatic heterocycles. The summed E-state index contributed by atoms with van der Waals surface area (Å²) < 4.78 is 2.33. The zero-order chi connectivity index (χ0) is 16.9. The maximum absolute atomic E-state index is 4.99. The van der Waals surface area contributed by atoms with Crippen molar-refractivity contribution in [3.8, 4) is 0 Å². The SMILES string of the molecule is CCCc1nc2cnc3cccnc3c2n1CCCC(C)NOC. The summed E-state index contributed by atoms with van der Waals surface area (Å²) in [7, 11) is 1.66. The summed E-state index contributed by atoms with van der Waals surface area (Å²) in [5.74, 6) is 1.12. The largest absolute Gasteiger partial charge is 0.326 e. The summed E-state index contributed by atoms with van der Waals surface area (Å²) in [6, 6.07) is 4.26. The van der Waals surface area contributed by atoms with E-state index in [1.54, 1.807) is 7.11 Å². The molecule has 128 valence electrons. The number of hydroxylamine groups is 1. The van der Waals surface area contributed by atoms with E-state index in [-0.39, 0.29) is 0 Å². The predicted octanol–water partition coefficient (Wildman–Crippen LogP) is 3.25. The molecular formula is C18H25N5O. The Kier molecular flexibility index (Phi) is 5.37. The van der Waals surface area contributed by atoms with E-state index in [4.69, 9.17) is 9.82 Å². The van der Waals surface area contributed by atoms with Crippen LogP contribution < -0.4 is 5.48 Å². The molecule has 6 nitrogen and oxygen atoms in total. The zero-order valence-electron chi connectivity index (χ0n) is 14.6. The van der Waals surface area contributed by atoms with Crippen LogP contribution in [0.1, 0.15) is 38.9 Å². The molecule has 0 aromatic carbocycles. The number of hydrogen-bond acceptors (Lipinski definition) is 5. The third kappa shape index (κ3) is 3.39. The zero-order valence-corrected chi connectivity index (χ0v) is 14.6. The highest BCUT2D eigenvalue weighted by Gasteiger charge is 2.14. The molecule has 1 atom stereocenters. The summed E-state index contributed by atoms with van der Waals surface area (Å²) in [5.41, 5.74) is 6.89. The summed E-state index contributed by atoms with van der Waals surface area (Å²) in [6.45, 7) is 5.24. The Morgan fingerprint density at radius 1 is 1.29 bits per heavy atom. The molecule has 0 aliphatic carbocycles. The molecule has 0 saturated heterocycles. The van der Waals surface area contributed by atoms with Crippen LogP contribution in [0, 0.1) is 0 Å².